The van der Waals surface area contributed by atoms with Crippen molar-refractivity contribution in [3.05, 3.63) is 114 Å². The van der Waals surface area contributed by atoms with Crippen molar-refractivity contribution in [3.63, 3.8) is 0 Å². The second-order valence-electron chi connectivity index (χ2n) is 29.7. The number of aromatic amines is 2. The molecule has 0 saturated carbocycles. The number of amides is 13. The van der Waals surface area contributed by atoms with Gasteiger partial charge < -0.3 is 117 Å². The number of aliphatic hydroxyl groups is 1. The molecule has 0 saturated heterocycles. The Kier molecular flexibility index (Phi) is 35.9. The first kappa shape index (κ1) is 93.3. The number of H-pyrrole nitrogens is 2. The third-order valence-corrected chi connectivity index (χ3v) is 19.5. The van der Waals surface area contributed by atoms with Crippen LogP contribution < -0.4 is 81.8 Å². The van der Waals surface area contributed by atoms with E-state index < -0.39 is 185 Å². The van der Waals surface area contributed by atoms with Crippen LogP contribution in [0.15, 0.2) is 91.5 Å². The Morgan fingerprint density at radius 3 is 1.57 bits per heavy atom. The van der Waals surface area contributed by atoms with Crippen LogP contribution in [0.3, 0.4) is 0 Å². The normalized spacial score (nSPS) is 14.5. The number of nitrogens with two attached hydrogens (primary N) is 5. The Balaban J connectivity index is 1.45. The number of carbonyl (C=O) groups is 13. The summed E-state index contributed by atoms with van der Waals surface area (Å²) in [7, 11) is 6.81. The van der Waals surface area contributed by atoms with Gasteiger partial charge in [0.1, 0.15) is 65.9 Å². The van der Waals surface area contributed by atoms with Crippen LogP contribution in [0.5, 0.6) is 11.5 Å². The monoisotopic (exact) mass is 1600 g/mol. The third kappa shape index (κ3) is 28.7. The summed E-state index contributed by atoms with van der Waals surface area (Å²) in [5.74, 6) is -14.4. The maximum atomic E-state index is 15.4. The molecule has 5 unspecified atom stereocenters. The maximum Gasteiger partial charge on any atom is 0.336 e. The van der Waals surface area contributed by atoms with Gasteiger partial charge in [-0.25, -0.2) is 9.78 Å². The number of para-hydroxylation sites is 1. The number of rotatable bonds is 47. The minimum Gasteiger partial charge on any atom is -0.508 e. The number of aromatic nitrogens is 3. The number of guanidine groups is 2. The summed E-state index contributed by atoms with van der Waals surface area (Å²) in [6.45, 7) is 7.70. The molecular formula is C76H114N23O16+. The van der Waals surface area contributed by atoms with E-state index in [9.17, 15) is 63.3 Å². The van der Waals surface area contributed by atoms with Crippen molar-refractivity contribution in [2.45, 2.75) is 184 Å². The Morgan fingerprint density at radius 1 is 0.539 bits per heavy atom. The molecule has 0 aliphatic carbocycles. The number of carbonyl (C=O) groups excluding carboxylic acids is 13. The number of primary amides is 3. The van der Waals surface area contributed by atoms with Gasteiger partial charge in [0.2, 0.25) is 65.0 Å². The highest BCUT2D eigenvalue weighted by Gasteiger charge is 2.49. The van der Waals surface area contributed by atoms with Crippen molar-refractivity contribution in [2.75, 3.05) is 48.3 Å². The number of imidazole rings is 1. The van der Waals surface area contributed by atoms with Gasteiger partial charge in [-0.15, -0.1) is 0 Å². The summed E-state index contributed by atoms with van der Waals surface area (Å²) in [5.41, 5.74) is 31.1. The number of nitrogens with zero attached hydrogens (tertiary/aromatic N) is 4. The summed E-state index contributed by atoms with van der Waals surface area (Å²) < 4.78 is -0.853. The highest BCUT2D eigenvalue weighted by Crippen LogP contribution is 2.26. The molecule has 39 nitrogen and oxygen atoms in total. The number of aliphatic hydroxyl groups excluding tert-OH is 1. The molecule has 12 atom stereocenters. The van der Waals surface area contributed by atoms with Gasteiger partial charge in [0.25, 0.3) is 5.91 Å². The fourth-order valence-corrected chi connectivity index (χ4v) is 13.0. The third-order valence-electron chi connectivity index (χ3n) is 19.5. The van der Waals surface area contributed by atoms with E-state index in [1.165, 1.54) is 84.8 Å². The molecule has 0 aliphatic heterocycles. The fourth-order valence-electron chi connectivity index (χ4n) is 13.0. The summed E-state index contributed by atoms with van der Waals surface area (Å²) in [4.78, 5) is 199. The largest absolute Gasteiger partial charge is 0.508 e. The number of aromatic hydroxyl groups is 2. The lowest BCUT2D eigenvalue weighted by Gasteiger charge is -2.41. The number of phenols is 2. The van der Waals surface area contributed by atoms with Crippen LogP contribution in [-0.4, -0.2) is 254 Å². The minimum absolute atomic E-state index is 0.0108. The lowest BCUT2D eigenvalue weighted by atomic mass is 9.98. The zero-order valence-electron chi connectivity index (χ0n) is 66.5. The predicted octanol–water partition coefficient (Wildman–Crippen LogP) is -3.58. The van der Waals surface area contributed by atoms with Crippen LogP contribution in [0.1, 0.15) is 108 Å². The maximum absolute atomic E-state index is 15.4. The van der Waals surface area contributed by atoms with E-state index in [4.69, 9.17) is 39.5 Å². The molecular weight excluding hydrogens is 1490 g/mol. The Bertz CT molecular complexity index is 4190. The van der Waals surface area contributed by atoms with Crippen molar-refractivity contribution < 1.29 is 82.1 Å². The van der Waals surface area contributed by atoms with Gasteiger partial charge in [0, 0.05) is 89.0 Å². The van der Waals surface area contributed by atoms with E-state index in [-0.39, 0.29) is 94.3 Å². The quantitative estimate of drug-likeness (QED) is 0.00775. The second kappa shape index (κ2) is 44.3. The molecule has 0 radical (unpaired) electrons. The summed E-state index contributed by atoms with van der Waals surface area (Å²) >= 11 is 0. The number of benzene rings is 3. The van der Waals surface area contributed by atoms with Crippen LogP contribution in [0.2, 0.25) is 0 Å². The number of likely N-dealkylation sites (N-methyl/N-ethyl adjacent to an activating group) is 4. The Morgan fingerprint density at radius 2 is 1.03 bits per heavy atom. The Labute approximate surface area is 666 Å². The second-order valence-corrected chi connectivity index (χ2v) is 29.7. The molecule has 13 amide bonds. The first-order valence-electron chi connectivity index (χ1n) is 37.6. The van der Waals surface area contributed by atoms with Crippen molar-refractivity contribution in [2.24, 2.45) is 40.5 Å². The highest BCUT2D eigenvalue weighted by molar-refractivity contribution is 6.00. The van der Waals surface area contributed by atoms with Crippen LogP contribution >= 0.6 is 0 Å². The molecule has 0 fully saturated rings. The highest BCUT2D eigenvalue weighted by atomic mass is 16.3. The van der Waals surface area contributed by atoms with Gasteiger partial charge in [-0.2, -0.15) is 0 Å². The molecule has 3 aromatic carbocycles. The zero-order valence-corrected chi connectivity index (χ0v) is 66.5. The van der Waals surface area contributed by atoms with E-state index >= 15 is 14.4 Å². The molecule has 39 heteroatoms. The van der Waals surface area contributed by atoms with Crippen molar-refractivity contribution >= 4 is 99.6 Å². The average Bonchev–Trinajstić information content (AvgIpc) is 1.41. The fraction of sp³-hybridized carbons (Fsp3) is 0.500. The summed E-state index contributed by atoms with van der Waals surface area (Å²) in [5, 5.41) is 73.9. The molecule has 0 spiro atoms. The van der Waals surface area contributed by atoms with Gasteiger partial charge >= 0.3 is 5.91 Å². The number of quaternary nitrogens is 1. The smallest absolute Gasteiger partial charge is 0.336 e. The van der Waals surface area contributed by atoms with Crippen LogP contribution in [0, 0.1) is 22.7 Å². The average molecular weight is 1610 g/mol. The Hall–Kier alpha value is -12.3. The first-order chi connectivity index (χ1) is 54.1. The van der Waals surface area contributed by atoms with E-state index in [0.717, 1.165) is 16.7 Å². The summed E-state index contributed by atoms with van der Waals surface area (Å²) in [6, 6.07) is 2.05. The van der Waals surface area contributed by atoms with Crippen molar-refractivity contribution in [3.8, 4) is 11.5 Å². The molecule has 0 aliphatic rings. The van der Waals surface area contributed by atoms with Crippen LogP contribution in [0.25, 0.3) is 10.9 Å². The standard InChI is InChI=1S/C76H113N23O16/c1-40(2)31-53(91-67(108)54(32-43-19-23-47(101)24-20-43)92-65(106)52(84-6)35-46-38-85-39-89-46)66(107)94-56(36-61(78)104)68(109)93-55(34-45-37-88-50-16-12-11-15-49(45)50)69(110)95-62(41(3)4)70(111)96-63(42(5)100)71(112)90-51(17-13-29-86-75(80)81)72(113)97(7)57(27-28-60(77)103)74(115)99(9,10)59(18-14-30-87-76(82)83)73(114)98(8)58(64(79)105)33-44-21-25-48(102)26-22-44/h11-12,15-16,19-26,37-42,51-59,62-63,84,88,100H,13-14,17-18,27-36H2,1-10H3,(H23-,77,78,79,80,81,82,83,85,86,87,89,90,91,92,93,94,95,96,101,102,103,104,105,106,107,108,109,110,111,112)/p+1/t42-,51+,52?,53?,54+,55?,56+,57?,58?,59+,62+,63+/m1/s1. The number of hydrogen-bond acceptors (Lipinski definition) is 20. The van der Waals surface area contributed by atoms with Gasteiger partial charge in [-0.05, 0) is 105 Å². The van der Waals surface area contributed by atoms with E-state index in [1.807, 2.05) is 0 Å². The molecule has 5 aromatic rings. The van der Waals surface area contributed by atoms with Gasteiger partial charge in [0.05, 0.1) is 44.7 Å². The van der Waals surface area contributed by atoms with Crippen LogP contribution in [-0.2, 0) is 88.0 Å². The molecule has 2 heterocycles. The molecule has 115 heavy (non-hydrogen) atoms. The van der Waals surface area contributed by atoms with Crippen molar-refractivity contribution in [1.29, 1.82) is 10.8 Å². The zero-order chi connectivity index (χ0) is 85.7. The van der Waals surface area contributed by atoms with Crippen molar-refractivity contribution in [1.82, 2.24) is 77.9 Å². The molecule has 628 valence electrons. The predicted molar refractivity (Wildman–Crippen MR) is 424 cm³/mol. The molecule has 2 aromatic heterocycles. The summed E-state index contributed by atoms with van der Waals surface area (Å²) in [6.07, 6.45) is 0.317. The molecule has 0 bridgehead atoms. The lowest BCUT2D eigenvalue weighted by molar-refractivity contribution is -0.832. The van der Waals surface area contributed by atoms with Gasteiger partial charge in [0.15, 0.2) is 18.0 Å². The SMILES string of the molecule is CNC(Cc1c[nH]cn1)C(=O)N[C@@H](Cc1ccc(O)cc1)C(=O)NC(CC(C)C)C(=O)N[C@@H](CC(N)=O)C(=O)NC(Cc1c[nH]c2ccccc12)C(=O)N[C@H](C(=O)N[C@H](C(=O)N[C@@H](CCCNC(=N)N)C(=O)N(C)C(CCC(N)=O)C(=O)[N+](C)(C)[C@@H](CCCNC(=N)N)C(=O)N(C)C(Cc1ccc(O)cc1)C(N)=O)[C@@H](C)O)C(C)C. The van der Waals surface area contributed by atoms with E-state index in [2.05, 4.69) is 68.1 Å². The lowest BCUT2D eigenvalue weighted by Crippen LogP contribution is -2.66. The number of phenolic OH excluding ortho intramolecular Hbond substituents is 2. The van der Waals surface area contributed by atoms with E-state index in [1.54, 1.807) is 69.7 Å². The number of hydrogen-bond donors (Lipinski definition) is 22. The van der Waals surface area contributed by atoms with Gasteiger partial charge in [-0.3, -0.25) is 72.8 Å². The van der Waals surface area contributed by atoms with E-state index in [0.29, 0.717) is 33.3 Å². The topological polar surface area (TPSA) is 632 Å². The van der Waals surface area contributed by atoms with Crippen LogP contribution in [0.4, 0.5) is 0 Å². The number of nitrogens with one attached hydrogen (secondary N) is 14. The first-order valence-corrected chi connectivity index (χ1v) is 37.6. The molecule has 5 rings (SSSR count). The number of fused-ring (bicyclic) bond motifs is 1. The minimum atomic E-state index is -1.93. The van der Waals surface area contributed by atoms with Gasteiger partial charge in [-0.1, -0.05) is 70.2 Å². The molecule has 27 N–H and O–H groups in total.